The van der Waals surface area contributed by atoms with Gasteiger partial charge in [-0.25, -0.2) is 9.97 Å². The molecule has 0 radical (unpaired) electrons. The molecule has 2 aromatic heterocycles. The predicted molar refractivity (Wildman–Crippen MR) is 74.8 cm³/mol. The van der Waals surface area contributed by atoms with Crippen molar-refractivity contribution >= 4 is 5.95 Å². The first-order valence-electron chi connectivity index (χ1n) is 6.78. The van der Waals surface area contributed by atoms with E-state index in [0.29, 0.717) is 11.9 Å². The van der Waals surface area contributed by atoms with Crippen molar-refractivity contribution in [3.8, 4) is 0 Å². The van der Waals surface area contributed by atoms with Crippen LogP contribution in [0.5, 0.6) is 0 Å². The van der Waals surface area contributed by atoms with Crippen LogP contribution in [0.25, 0.3) is 0 Å². The summed E-state index contributed by atoms with van der Waals surface area (Å²) in [6, 6.07) is 4.24. The first-order valence-corrected chi connectivity index (χ1v) is 6.78. The van der Waals surface area contributed by atoms with E-state index in [0.717, 1.165) is 24.2 Å². The average molecular weight is 254 g/mol. The molecule has 0 saturated heterocycles. The van der Waals surface area contributed by atoms with Crippen molar-refractivity contribution in [3.63, 3.8) is 0 Å². The van der Waals surface area contributed by atoms with Crippen molar-refractivity contribution in [2.75, 3.05) is 5.73 Å². The number of rotatable bonds is 1. The molecular weight excluding hydrogens is 236 g/mol. The first kappa shape index (κ1) is 12.1. The van der Waals surface area contributed by atoms with Gasteiger partial charge in [-0.1, -0.05) is 6.42 Å². The predicted octanol–water partition coefficient (Wildman–Crippen LogP) is 2.62. The lowest BCUT2D eigenvalue weighted by molar-refractivity contribution is 0.650. The van der Waals surface area contributed by atoms with Gasteiger partial charge in [0.05, 0.1) is 5.69 Å². The van der Waals surface area contributed by atoms with Crippen LogP contribution in [-0.4, -0.2) is 15.0 Å². The van der Waals surface area contributed by atoms with Crippen molar-refractivity contribution in [1.29, 1.82) is 0 Å². The molecule has 2 heterocycles. The van der Waals surface area contributed by atoms with Crippen molar-refractivity contribution in [2.45, 2.75) is 38.5 Å². The van der Waals surface area contributed by atoms with Gasteiger partial charge in [0, 0.05) is 24.0 Å². The van der Waals surface area contributed by atoms with Gasteiger partial charge in [0.2, 0.25) is 5.95 Å². The van der Waals surface area contributed by atoms with Crippen molar-refractivity contribution < 1.29 is 0 Å². The highest BCUT2D eigenvalue weighted by molar-refractivity contribution is 5.36. The van der Waals surface area contributed by atoms with Crippen molar-refractivity contribution in [3.05, 3.63) is 47.0 Å². The average Bonchev–Trinajstić information content (AvgIpc) is 2.60. The molecule has 0 spiro atoms. The Hall–Kier alpha value is -1.97. The quantitative estimate of drug-likeness (QED) is 0.794. The van der Waals surface area contributed by atoms with Crippen LogP contribution in [0.4, 0.5) is 5.95 Å². The summed E-state index contributed by atoms with van der Waals surface area (Å²) in [5, 5.41) is 0. The Balaban J connectivity index is 2.09. The number of pyridine rings is 1. The van der Waals surface area contributed by atoms with Gasteiger partial charge in [-0.2, -0.15) is 0 Å². The minimum absolute atomic E-state index is 0.324. The Morgan fingerprint density at radius 3 is 3.00 bits per heavy atom. The molecule has 98 valence electrons. The monoisotopic (exact) mass is 254 g/mol. The highest BCUT2D eigenvalue weighted by Crippen LogP contribution is 2.34. The number of nitrogens with two attached hydrogens (primary N) is 1. The maximum Gasteiger partial charge on any atom is 0.220 e. The van der Waals surface area contributed by atoms with Gasteiger partial charge in [0.25, 0.3) is 0 Å². The summed E-state index contributed by atoms with van der Waals surface area (Å²) in [4.78, 5) is 12.9. The summed E-state index contributed by atoms with van der Waals surface area (Å²) in [7, 11) is 0. The normalized spacial score (nSPS) is 18.7. The fourth-order valence-electron chi connectivity index (χ4n) is 2.84. The first-order chi connectivity index (χ1) is 9.24. The molecule has 0 saturated carbocycles. The second kappa shape index (κ2) is 4.96. The van der Waals surface area contributed by atoms with E-state index >= 15 is 0 Å². The second-order valence-corrected chi connectivity index (χ2v) is 5.17. The molecule has 1 aliphatic carbocycles. The summed E-state index contributed by atoms with van der Waals surface area (Å²) >= 11 is 0. The van der Waals surface area contributed by atoms with Gasteiger partial charge < -0.3 is 5.73 Å². The van der Waals surface area contributed by atoms with Crippen LogP contribution in [0.1, 0.15) is 47.7 Å². The molecule has 0 aliphatic heterocycles. The van der Waals surface area contributed by atoms with Gasteiger partial charge in [-0.3, -0.25) is 4.98 Å². The molecule has 0 fully saturated rings. The number of aryl methyl sites for hydroxylation is 2. The largest absolute Gasteiger partial charge is 0.368 e. The summed E-state index contributed by atoms with van der Waals surface area (Å²) in [5.74, 6) is 0.695. The zero-order valence-corrected chi connectivity index (χ0v) is 11.1. The Bertz CT molecular complexity index is 594. The zero-order valence-electron chi connectivity index (χ0n) is 11.1. The number of anilines is 1. The summed E-state index contributed by atoms with van der Waals surface area (Å²) < 4.78 is 0. The van der Waals surface area contributed by atoms with E-state index in [9.17, 15) is 0 Å². The van der Waals surface area contributed by atoms with Crippen molar-refractivity contribution in [1.82, 2.24) is 15.0 Å². The second-order valence-electron chi connectivity index (χ2n) is 5.17. The molecule has 4 nitrogen and oxygen atoms in total. The Morgan fingerprint density at radius 1 is 1.26 bits per heavy atom. The Morgan fingerprint density at radius 2 is 2.16 bits per heavy atom. The molecule has 1 aliphatic rings. The smallest absolute Gasteiger partial charge is 0.220 e. The zero-order chi connectivity index (χ0) is 13.2. The van der Waals surface area contributed by atoms with Crippen LogP contribution in [0.2, 0.25) is 0 Å². The molecule has 1 atom stereocenters. The molecule has 2 aromatic rings. The number of hydrogen-bond donors (Lipinski definition) is 1. The van der Waals surface area contributed by atoms with E-state index in [1.807, 2.05) is 19.3 Å². The van der Waals surface area contributed by atoms with Gasteiger partial charge in [-0.15, -0.1) is 0 Å². The fraction of sp³-hybridized carbons (Fsp3) is 0.400. The minimum atomic E-state index is 0.324. The van der Waals surface area contributed by atoms with E-state index in [2.05, 4.69) is 27.1 Å². The van der Waals surface area contributed by atoms with E-state index < -0.39 is 0 Å². The molecule has 0 bridgehead atoms. The molecular formula is C15H18N4. The van der Waals surface area contributed by atoms with Gasteiger partial charge in [0.15, 0.2) is 0 Å². The Labute approximate surface area is 113 Å². The van der Waals surface area contributed by atoms with Crippen LogP contribution >= 0.6 is 0 Å². The van der Waals surface area contributed by atoms with Crippen LogP contribution < -0.4 is 5.73 Å². The number of nitrogen functional groups attached to an aromatic ring is 1. The molecule has 0 aromatic carbocycles. The molecule has 3 rings (SSSR count). The molecule has 19 heavy (non-hydrogen) atoms. The van der Waals surface area contributed by atoms with E-state index in [4.69, 9.17) is 5.73 Å². The van der Waals surface area contributed by atoms with E-state index in [1.165, 1.54) is 24.0 Å². The van der Waals surface area contributed by atoms with Crippen LogP contribution in [0.15, 0.2) is 24.5 Å². The van der Waals surface area contributed by atoms with Crippen LogP contribution in [0, 0.1) is 6.92 Å². The lowest BCUT2D eigenvalue weighted by atomic mass is 9.91. The minimum Gasteiger partial charge on any atom is -0.368 e. The van der Waals surface area contributed by atoms with Crippen LogP contribution in [0.3, 0.4) is 0 Å². The van der Waals surface area contributed by atoms with Crippen molar-refractivity contribution in [2.24, 2.45) is 0 Å². The highest BCUT2D eigenvalue weighted by Gasteiger charge is 2.22. The lowest BCUT2D eigenvalue weighted by Gasteiger charge is -2.17. The molecule has 1 unspecified atom stereocenters. The third-order valence-electron chi connectivity index (χ3n) is 3.76. The maximum atomic E-state index is 5.77. The lowest BCUT2D eigenvalue weighted by Crippen LogP contribution is -2.09. The standard InChI is InChI=1S/C15H18N4/c1-10-8-11(6-7-17-10)13-5-3-2-4-12-9-18-15(16)19-14(12)13/h6-9,13H,2-5H2,1H3,(H2,16,18,19). The maximum absolute atomic E-state index is 5.77. The third-order valence-corrected chi connectivity index (χ3v) is 3.76. The summed E-state index contributed by atoms with van der Waals surface area (Å²) in [6.45, 7) is 2.02. The number of nitrogens with zero attached hydrogens (tertiary/aromatic N) is 3. The number of fused-ring (bicyclic) bond motifs is 1. The van der Waals surface area contributed by atoms with Gasteiger partial charge >= 0.3 is 0 Å². The topological polar surface area (TPSA) is 64.7 Å². The van der Waals surface area contributed by atoms with Gasteiger partial charge in [0.1, 0.15) is 0 Å². The summed E-state index contributed by atoms with van der Waals surface area (Å²) in [5.41, 5.74) is 10.4. The van der Waals surface area contributed by atoms with E-state index in [1.54, 1.807) is 0 Å². The molecule has 2 N–H and O–H groups in total. The van der Waals surface area contributed by atoms with Crippen LogP contribution in [-0.2, 0) is 6.42 Å². The fourth-order valence-corrected chi connectivity index (χ4v) is 2.84. The van der Waals surface area contributed by atoms with E-state index in [-0.39, 0.29) is 0 Å². The molecule has 0 amide bonds. The van der Waals surface area contributed by atoms with Gasteiger partial charge in [-0.05, 0) is 49.4 Å². The third kappa shape index (κ3) is 2.43. The Kier molecular flexibility index (Phi) is 3.15. The summed E-state index contributed by atoms with van der Waals surface area (Å²) in [6.07, 6.45) is 8.34. The number of hydrogen-bond acceptors (Lipinski definition) is 4. The molecule has 4 heteroatoms. The highest BCUT2D eigenvalue weighted by atomic mass is 15.0. The SMILES string of the molecule is Cc1cc(C2CCCCc3cnc(N)nc32)ccn1. The number of aromatic nitrogens is 3.